The fourth-order valence-electron chi connectivity index (χ4n) is 3.63. The quantitative estimate of drug-likeness (QED) is 0.715. The van der Waals surface area contributed by atoms with Crippen LogP contribution in [0, 0.1) is 6.92 Å². The fourth-order valence-corrected chi connectivity index (χ4v) is 4.74. The minimum absolute atomic E-state index is 0.0897. The van der Waals surface area contributed by atoms with E-state index < -0.39 is 15.6 Å². The monoisotopic (exact) mass is 387 g/mol. The fraction of sp³-hybridized carbons (Fsp3) is 0.389. The minimum atomic E-state index is -3.90. The van der Waals surface area contributed by atoms with Gasteiger partial charge in [-0.05, 0) is 43.4 Å². The van der Waals surface area contributed by atoms with Crippen LogP contribution in [0.3, 0.4) is 0 Å². The molecule has 0 radical (unpaired) electrons. The van der Waals surface area contributed by atoms with Gasteiger partial charge >= 0.3 is 0 Å². The SMILES string of the molecule is Cc1nc2nc[nH]n2c(=O)c1NS(=O)(=O)c1ccc(C2CCCCC2)cc1. The maximum atomic E-state index is 12.8. The molecule has 0 amide bonds. The van der Waals surface area contributed by atoms with E-state index in [9.17, 15) is 13.2 Å². The summed E-state index contributed by atoms with van der Waals surface area (Å²) >= 11 is 0. The highest BCUT2D eigenvalue weighted by molar-refractivity contribution is 7.92. The van der Waals surface area contributed by atoms with Crippen molar-refractivity contribution >= 4 is 21.5 Å². The van der Waals surface area contributed by atoms with Gasteiger partial charge in [0.25, 0.3) is 21.4 Å². The van der Waals surface area contributed by atoms with Gasteiger partial charge in [0.15, 0.2) is 0 Å². The molecule has 4 rings (SSSR count). The van der Waals surface area contributed by atoms with Crippen LogP contribution in [-0.2, 0) is 10.0 Å². The Morgan fingerprint density at radius 3 is 2.56 bits per heavy atom. The van der Waals surface area contributed by atoms with Gasteiger partial charge in [-0.1, -0.05) is 31.4 Å². The zero-order chi connectivity index (χ0) is 19.0. The minimum Gasteiger partial charge on any atom is -0.278 e. The van der Waals surface area contributed by atoms with Crippen LogP contribution in [-0.4, -0.2) is 28.0 Å². The van der Waals surface area contributed by atoms with Crippen LogP contribution in [0.4, 0.5) is 5.69 Å². The molecular formula is C18H21N5O3S. The molecule has 2 N–H and O–H groups in total. The van der Waals surface area contributed by atoms with E-state index in [1.54, 1.807) is 19.1 Å². The summed E-state index contributed by atoms with van der Waals surface area (Å²) in [7, 11) is -3.90. The van der Waals surface area contributed by atoms with Gasteiger partial charge in [0.05, 0.1) is 10.6 Å². The predicted molar refractivity (Wildman–Crippen MR) is 101 cm³/mol. The van der Waals surface area contributed by atoms with Gasteiger partial charge in [0.1, 0.15) is 12.0 Å². The van der Waals surface area contributed by atoms with Crippen LogP contribution in [0.5, 0.6) is 0 Å². The van der Waals surface area contributed by atoms with Gasteiger partial charge in [-0.25, -0.2) is 18.4 Å². The topological polar surface area (TPSA) is 109 Å². The molecule has 0 bridgehead atoms. The van der Waals surface area contributed by atoms with Crippen molar-refractivity contribution in [1.29, 1.82) is 0 Å². The molecular weight excluding hydrogens is 366 g/mol. The van der Waals surface area contributed by atoms with Crippen LogP contribution in [0.2, 0.25) is 0 Å². The average molecular weight is 387 g/mol. The molecule has 0 atom stereocenters. The average Bonchev–Trinajstić information content (AvgIpc) is 3.14. The number of nitrogens with zero attached hydrogens (tertiary/aromatic N) is 3. The summed E-state index contributed by atoms with van der Waals surface area (Å²) in [5.41, 5.74) is 0.811. The number of hydrogen-bond acceptors (Lipinski definition) is 5. The molecule has 1 aliphatic carbocycles. The third-order valence-electron chi connectivity index (χ3n) is 5.12. The van der Waals surface area contributed by atoms with E-state index in [4.69, 9.17) is 0 Å². The number of benzene rings is 1. The summed E-state index contributed by atoms with van der Waals surface area (Å²) in [5.74, 6) is 0.694. The number of rotatable bonds is 4. The molecule has 9 heteroatoms. The van der Waals surface area contributed by atoms with Gasteiger partial charge in [-0.2, -0.15) is 4.52 Å². The Kier molecular flexibility index (Phi) is 4.47. The maximum Gasteiger partial charge on any atom is 0.298 e. The summed E-state index contributed by atoms with van der Waals surface area (Å²) in [6, 6.07) is 6.95. The second kappa shape index (κ2) is 6.80. The lowest BCUT2D eigenvalue weighted by atomic mass is 9.84. The van der Waals surface area contributed by atoms with Crippen molar-refractivity contribution < 1.29 is 8.42 Å². The molecule has 142 valence electrons. The molecule has 0 spiro atoms. The van der Waals surface area contributed by atoms with Crippen molar-refractivity contribution in [3.05, 3.63) is 52.2 Å². The number of H-pyrrole nitrogens is 1. The first-order valence-electron chi connectivity index (χ1n) is 9.01. The van der Waals surface area contributed by atoms with E-state index in [0.29, 0.717) is 5.92 Å². The molecule has 2 heterocycles. The molecule has 1 saturated carbocycles. The molecule has 0 unspecified atom stereocenters. The first kappa shape index (κ1) is 17.7. The van der Waals surface area contributed by atoms with E-state index in [0.717, 1.165) is 17.4 Å². The van der Waals surface area contributed by atoms with Gasteiger partial charge < -0.3 is 0 Å². The Labute approximate surface area is 156 Å². The van der Waals surface area contributed by atoms with Crippen LogP contribution in [0.1, 0.15) is 49.3 Å². The number of aromatic amines is 1. The molecule has 0 aliphatic heterocycles. The van der Waals surface area contributed by atoms with Crippen molar-refractivity contribution in [2.45, 2.75) is 49.8 Å². The summed E-state index contributed by atoms with van der Waals surface area (Å²) in [6.07, 6.45) is 7.34. The van der Waals surface area contributed by atoms with Crippen LogP contribution in [0.25, 0.3) is 5.78 Å². The summed E-state index contributed by atoms with van der Waals surface area (Å²) in [5, 5.41) is 2.62. The van der Waals surface area contributed by atoms with E-state index in [2.05, 4.69) is 19.8 Å². The molecule has 0 saturated heterocycles. The Morgan fingerprint density at radius 1 is 1.15 bits per heavy atom. The van der Waals surface area contributed by atoms with Crippen LogP contribution < -0.4 is 10.3 Å². The van der Waals surface area contributed by atoms with Crippen LogP contribution in [0.15, 0.2) is 40.3 Å². The Morgan fingerprint density at radius 2 is 1.85 bits per heavy atom. The van der Waals surface area contributed by atoms with Crippen molar-refractivity contribution in [2.24, 2.45) is 0 Å². The molecule has 1 aliphatic rings. The number of aryl methyl sites for hydroxylation is 1. The number of aromatic nitrogens is 4. The molecule has 1 fully saturated rings. The zero-order valence-electron chi connectivity index (χ0n) is 15.0. The predicted octanol–water partition coefficient (Wildman–Crippen LogP) is 2.57. The lowest BCUT2D eigenvalue weighted by molar-refractivity contribution is 0.443. The number of nitrogens with one attached hydrogen (secondary N) is 2. The standard InChI is InChI=1S/C18H21N5O3S/c1-12-16(17(24)23-18(21-12)19-11-20-23)22-27(25,26)15-9-7-14(8-10-15)13-5-3-2-4-6-13/h7-11,13,22H,2-6H2,1H3,(H,19,20,21). The van der Waals surface area contributed by atoms with E-state index in [-0.39, 0.29) is 22.1 Å². The Hall–Kier alpha value is -2.68. The van der Waals surface area contributed by atoms with Crippen molar-refractivity contribution in [2.75, 3.05) is 4.72 Å². The van der Waals surface area contributed by atoms with Gasteiger partial charge in [0, 0.05) is 0 Å². The third kappa shape index (κ3) is 3.34. The lowest BCUT2D eigenvalue weighted by Crippen LogP contribution is -2.25. The molecule has 27 heavy (non-hydrogen) atoms. The molecule has 2 aromatic heterocycles. The second-order valence-electron chi connectivity index (χ2n) is 6.91. The first-order chi connectivity index (χ1) is 13.0. The summed E-state index contributed by atoms with van der Waals surface area (Å²) in [6.45, 7) is 1.57. The van der Waals surface area contributed by atoms with E-state index in [1.807, 2.05) is 12.1 Å². The number of hydrogen-bond donors (Lipinski definition) is 2. The highest BCUT2D eigenvalue weighted by Gasteiger charge is 2.21. The number of anilines is 1. The van der Waals surface area contributed by atoms with E-state index in [1.165, 1.54) is 31.2 Å². The Balaban J connectivity index is 1.63. The molecule has 3 aromatic rings. The van der Waals surface area contributed by atoms with Gasteiger partial charge in [0.2, 0.25) is 0 Å². The largest absolute Gasteiger partial charge is 0.298 e. The van der Waals surface area contributed by atoms with Gasteiger partial charge in [-0.3, -0.25) is 14.6 Å². The first-order valence-corrected chi connectivity index (χ1v) is 10.5. The van der Waals surface area contributed by atoms with Crippen molar-refractivity contribution in [3.8, 4) is 0 Å². The smallest absolute Gasteiger partial charge is 0.278 e. The number of sulfonamides is 1. The lowest BCUT2D eigenvalue weighted by Gasteiger charge is -2.22. The van der Waals surface area contributed by atoms with Crippen LogP contribution >= 0.6 is 0 Å². The normalized spacial score (nSPS) is 15.9. The maximum absolute atomic E-state index is 12.8. The highest BCUT2D eigenvalue weighted by Crippen LogP contribution is 2.33. The highest BCUT2D eigenvalue weighted by atomic mass is 32.2. The summed E-state index contributed by atoms with van der Waals surface area (Å²) in [4.78, 5) is 20.7. The van der Waals surface area contributed by atoms with E-state index >= 15 is 0 Å². The third-order valence-corrected chi connectivity index (χ3v) is 6.48. The van der Waals surface area contributed by atoms with Gasteiger partial charge in [-0.15, -0.1) is 0 Å². The van der Waals surface area contributed by atoms with Crippen molar-refractivity contribution in [3.63, 3.8) is 0 Å². The molecule has 1 aromatic carbocycles. The van der Waals surface area contributed by atoms with Crippen molar-refractivity contribution in [1.82, 2.24) is 19.6 Å². The zero-order valence-corrected chi connectivity index (χ0v) is 15.8. The second-order valence-corrected chi connectivity index (χ2v) is 8.59. The summed E-state index contributed by atoms with van der Waals surface area (Å²) < 4.78 is 29.0. The number of fused-ring (bicyclic) bond motifs is 1. The Bertz CT molecular complexity index is 1130. The molecule has 8 nitrogen and oxygen atoms in total.